The second-order valence-corrected chi connectivity index (χ2v) is 4.09. The van der Waals surface area contributed by atoms with Gasteiger partial charge in [-0.05, 0) is 24.8 Å². The molecule has 0 aromatic heterocycles. The first-order valence-electron chi connectivity index (χ1n) is 5.71. The molecule has 2 N–H and O–H groups in total. The molecule has 1 aliphatic rings. The Hall–Kier alpha value is -1.97. The molecule has 4 nitrogen and oxygen atoms in total. The van der Waals surface area contributed by atoms with Gasteiger partial charge in [0.05, 0.1) is 0 Å². The van der Waals surface area contributed by atoms with Crippen molar-refractivity contribution in [1.82, 2.24) is 0 Å². The minimum atomic E-state index is -0.463. The summed E-state index contributed by atoms with van der Waals surface area (Å²) in [6.07, 6.45) is 3.16. The Kier molecular flexibility index (Phi) is 3.65. The lowest BCUT2D eigenvalue weighted by Crippen LogP contribution is -2.22. The minimum Gasteiger partial charge on any atom is -0.364 e. The van der Waals surface area contributed by atoms with E-state index in [1.54, 1.807) is 0 Å². The zero-order valence-corrected chi connectivity index (χ0v) is 9.60. The van der Waals surface area contributed by atoms with Gasteiger partial charge in [0, 0.05) is 12.1 Å². The Balaban J connectivity index is 2.09. The fraction of sp³-hybridized carbons (Fsp3) is 0.308. The zero-order chi connectivity index (χ0) is 12.1. The van der Waals surface area contributed by atoms with E-state index in [1.807, 2.05) is 18.2 Å². The number of carbonyl (C=O) groups is 1. The molecule has 1 aliphatic heterocycles. The molecule has 0 unspecified atom stereocenters. The van der Waals surface area contributed by atoms with Crippen molar-refractivity contribution in [3.63, 3.8) is 0 Å². The van der Waals surface area contributed by atoms with Gasteiger partial charge >= 0.3 is 0 Å². The maximum Gasteiger partial charge on any atom is 0.264 e. The summed E-state index contributed by atoms with van der Waals surface area (Å²) in [5, 5.41) is 8.06. The van der Waals surface area contributed by atoms with Crippen molar-refractivity contribution in [1.29, 1.82) is 0 Å². The first-order valence-corrected chi connectivity index (χ1v) is 5.71. The van der Waals surface area contributed by atoms with E-state index in [0.29, 0.717) is 12.1 Å². The molecule has 0 fully saturated rings. The van der Waals surface area contributed by atoms with Crippen LogP contribution >= 0.6 is 0 Å². The van der Waals surface area contributed by atoms with Crippen LogP contribution in [0.25, 0.3) is 0 Å². The van der Waals surface area contributed by atoms with E-state index in [2.05, 4.69) is 22.3 Å². The standard InChI is InChI=1S/C13H15N3O/c14-13(17)12-8-4-7-11(15-16-12)9-10-5-2-1-3-6-10/h1-3,5-6H,4,7-9H2,(H2,14,17). The first-order chi connectivity index (χ1) is 8.25. The number of nitrogens with two attached hydrogens (primary N) is 1. The smallest absolute Gasteiger partial charge is 0.264 e. The van der Waals surface area contributed by atoms with Crippen molar-refractivity contribution in [3.8, 4) is 0 Å². The highest BCUT2D eigenvalue weighted by Crippen LogP contribution is 2.10. The summed E-state index contributed by atoms with van der Waals surface area (Å²) in [5.41, 5.74) is 7.80. The number of hydrogen-bond donors (Lipinski definition) is 1. The molecule has 1 heterocycles. The number of hydrogen-bond acceptors (Lipinski definition) is 3. The molecule has 88 valence electrons. The summed E-state index contributed by atoms with van der Waals surface area (Å²) in [7, 11) is 0. The molecule has 1 aromatic carbocycles. The van der Waals surface area contributed by atoms with Crippen LogP contribution in [0.5, 0.6) is 0 Å². The highest BCUT2D eigenvalue weighted by atomic mass is 16.1. The Labute approximate surface area is 100 Å². The molecule has 0 saturated heterocycles. The molecule has 1 amide bonds. The monoisotopic (exact) mass is 229 g/mol. The molecule has 0 bridgehead atoms. The van der Waals surface area contributed by atoms with Gasteiger partial charge in [-0.2, -0.15) is 5.10 Å². The van der Waals surface area contributed by atoms with E-state index >= 15 is 0 Å². The number of amides is 1. The van der Waals surface area contributed by atoms with Crippen molar-refractivity contribution in [2.45, 2.75) is 25.7 Å². The van der Waals surface area contributed by atoms with Crippen LogP contribution in [-0.2, 0) is 11.2 Å². The molecular formula is C13H15N3O. The molecule has 0 aliphatic carbocycles. The lowest BCUT2D eigenvalue weighted by atomic mass is 10.0. The van der Waals surface area contributed by atoms with Gasteiger partial charge in [-0.1, -0.05) is 30.3 Å². The molecule has 0 saturated carbocycles. The van der Waals surface area contributed by atoms with Gasteiger partial charge in [0.1, 0.15) is 5.71 Å². The fourth-order valence-electron chi connectivity index (χ4n) is 1.82. The SMILES string of the molecule is NC(=O)C1=NN=C(Cc2ccccc2)CCC1. The van der Waals surface area contributed by atoms with Crippen LogP contribution in [0.2, 0.25) is 0 Å². The van der Waals surface area contributed by atoms with E-state index in [0.717, 1.165) is 25.0 Å². The molecular weight excluding hydrogens is 214 g/mol. The van der Waals surface area contributed by atoms with Crippen molar-refractivity contribution in [2.24, 2.45) is 15.9 Å². The van der Waals surface area contributed by atoms with Gasteiger partial charge in [0.25, 0.3) is 5.91 Å². The van der Waals surface area contributed by atoms with Gasteiger partial charge in [-0.15, -0.1) is 5.10 Å². The summed E-state index contributed by atoms with van der Waals surface area (Å²) in [6.45, 7) is 0. The van der Waals surface area contributed by atoms with Crippen molar-refractivity contribution >= 4 is 17.3 Å². The van der Waals surface area contributed by atoms with Crippen LogP contribution < -0.4 is 5.73 Å². The van der Waals surface area contributed by atoms with E-state index in [4.69, 9.17) is 5.73 Å². The third-order valence-corrected chi connectivity index (χ3v) is 2.73. The Bertz CT molecular complexity index is 463. The number of primary amides is 1. The second kappa shape index (κ2) is 5.39. The predicted molar refractivity (Wildman–Crippen MR) is 68.1 cm³/mol. The van der Waals surface area contributed by atoms with Gasteiger partial charge in [0.2, 0.25) is 0 Å². The number of rotatable bonds is 3. The normalized spacial score (nSPS) is 15.8. The van der Waals surface area contributed by atoms with E-state index in [-0.39, 0.29) is 0 Å². The molecule has 4 heteroatoms. The highest BCUT2D eigenvalue weighted by molar-refractivity contribution is 6.38. The van der Waals surface area contributed by atoms with Crippen LogP contribution in [-0.4, -0.2) is 17.3 Å². The molecule has 0 radical (unpaired) electrons. The average molecular weight is 229 g/mol. The summed E-state index contributed by atoms with van der Waals surface area (Å²) in [5.74, 6) is -0.463. The quantitative estimate of drug-likeness (QED) is 0.842. The molecule has 1 aromatic rings. The van der Waals surface area contributed by atoms with E-state index < -0.39 is 5.91 Å². The van der Waals surface area contributed by atoms with Crippen molar-refractivity contribution in [2.75, 3.05) is 0 Å². The third-order valence-electron chi connectivity index (χ3n) is 2.73. The van der Waals surface area contributed by atoms with Crippen LogP contribution in [0.15, 0.2) is 40.5 Å². The second-order valence-electron chi connectivity index (χ2n) is 4.09. The number of benzene rings is 1. The Morgan fingerprint density at radius 3 is 2.65 bits per heavy atom. The molecule has 0 atom stereocenters. The first kappa shape index (κ1) is 11.5. The van der Waals surface area contributed by atoms with Gasteiger partial charge in [0.15, 0.2) is 0 Å². The van der Waals surface area contributed by atoms with Crippen molar-refractivity contribution < 1.29 is 4.79 Å². The minimum absolute atomic E-state index is 0.382. The summed E-state index contributed by atoms with van der Waals surface area (Å²) < 4.78 is 0. The predicted octanol–water partition coefficient (Wildman–Crippen LogP) is 1.70. The Morgan fingerprint density at radius 2 is 1.94 bits per heavy atom. The van der Waals surface area contributed by atoms with E-state index in [9.17, 15) is 4.79 Å². The average Bonchev–Trinajstić information content (AvgIpc) is 2.56. The van der Waals surface area contributed by atoms with Crippen LogP contribution in [0.4, 0.5) is 0 Å². The number of nitrogens with zero attached hydrogens (tertiary/aromatic N) is 2. The maximum atomic E-state index is 11.0. The summed E-state index contributed by atoms with van der Waals surface area (Å²) in [6, 6.07) is 10.1. The largest absolute Gasteiger partial charge is 0.364 e. The number of carbonyl (C=O) groups excluding carboxylic acids is 1. The fourth-order valence-corrected chi connectivity index (χ4v) is 1.82. The highest BCUT2D eigenvalue weighted by Gasteiger charge is 2.12. The Morgan fingerprint density at radius 1 is 1.18 bits per heavy atom. The molecule has 2 rings (SSSR count). The maximum absolute atomic E-state index is 11.0. The lowest BCUT2D eigenvalue weighted by Gasteiger charge is -2.02. The van der Waals surface area contributed by atoms with Gasteiger partial charge in [-0.3, -0.25) is 4.79 Å². The lowest BCUT2D eigenvalue weighted by molar-refractivity contribution is -0.112. The van der Waals surface area contributed by atoms with Gasteiger partial charge in [-0.25, -0.2) is 0 Å². The van der Waals surface area contributed by atoms with Crippen molar-refractivity contribution in [3.05, 3.63) is 35.9 Å². The topological polar surface area (TPSA) is 67.8 Å². The third kappa shape index (κ3) is 3.24. The molecule has 17 heavy (non-hydrogen) atoms. The van der Waals surface area contributed by atoms with Crippen LogP contribution in [0, 0.1) is 0 Å². The zero-order valence-electron chi connectivity index (χ0n) is 9.60. The van der Waals surface area contributed by atoms with E-state index in [1.165, 1.54) is 5.56 Å². The summed E-state index contributed by atoms with van der Waals surface area (Å²) >= 11 is 0. The van der Waals surface area contributed by atoms with Gasteiger partial charge < -0.3 is 5.73 Å². The van der Waals surface area contributed by atoms with Crippen LogP contribution in [0.3, 0.4) is 0 Å². The molecule has 0 spiro atoms. The van der Waals surface area contributed by atoms with Crippen LogP contribution in [0.1, 0.15) is 24.8 Å². The summed E-state index contributed by atoms with van der Waals surface area (Å²) in [4.78, 5) is 11.0.